The van der Waals surface area contributed by atoms with Crippen molar-refractivity contribution < 1.29 is 14.6 Å². The molecule has 2 aromatic rings. The lowest BCUT2D eigenvalue weighted by molar-refractivity contribution is 0.0842. The lowest BCUT2D eigenvalue weighted by atomic mass is 10.1. The van der Waals surface area contributed by atoms with Crippen molar-refractivity contribution in [3.8, 4) is 5.75 Å². The van der Waals surface area contributed by atoms with Crippen molar-refractivity contribution in [2.24, 2.45) is 0 Å². The van der Waals surface area contributed by atoms with E-state index in [9.17, 15) is 14.7 Å². The molecule has 0 bridgehead atoms. The maximum absolute atomic E-state index is 12.2. The minimum absolute atomic E-state index is 0.0212. The zero-order chi connectivity index (χ0) is 18.6. The van der Waals surface area contributed by atoms with Gasteiger partial charge in [0.25, 0.3) is 11.5 Å². The predicted molar refractivity (Wildman–Crippen MR) is 96.6 cm³/mol. The lowest BCUT2D eigenvalue weighted by Gasteiger charge is -2.14. The summed E-state index contributed by atoms with van der Waals surface area (Å²) in [7, 11) is 0. The van der Waals surface area contributed by atoms with Gasteiger partial charge in [-0.1, -0.05) is 29.3 Å². The number of pyridine rings is 1. The SMILES string of the molecule is Cc1ccc(OC[C@H](O)CNC(=O)c2c(C)c(Cl)c(C)[nH]c2=O)cc1. The number of hydrogen-bond acceptors (Lipinski definition) is 4. The van der Waals surface area contributed by atoms with Crippen LogP contribution in [-0.4, -0.2) is 35.3 Å². The topological polar surface area (TPSA) is 91.4 Å². The van der Waals surface area contributed by atoms with Gasteiger partial charge in [-0.15, -0.1) is 0 Å². The van der Waals surface area contributed by atoms with Gasteiger partial charge in [0, 0.05) is 12.2 Å². The largest absolute Gasteiger partial charge is 0.491 e. The zero-order valence-corrected chi connectivity index (χ0v) is 15.1. The number of rotatable bonds is 6. The van der Waals surface area contributed by atoms with E-state index in [0.29, 0.717) is 22.0 Å². The van der Waals surface area contributed by atoms with Gasteiger partial charge in [-0.2, -0.15) is 0 Å². The molecule has 0 aliphatic heterocycles. The number of halogens is 1. The molecule has 1 amide bonds. The zero-order valence-electron chi connectivity index (χ0n) is 14.4. The second-order valence-electron chi connectivity index (χ2n) is 5.88. The van der Waals surface area contributed by atoms with E-state index in [1.807, 2.05) is 19.1 Å². The second-order valence-corrected chi connectivity index (χ2v) is 6.26. The highest BCUT2D eigenvalue weighted by Gasteiger charge is 2.18. The van der Waals surface area contributed by atoms with E-state index < -0.39 is 17.6 Å². The molecule has 6 nitrogen and oxygen atoms in total. The van der Waals surface area contributed by atoms with Gasteiger partial charge in [0.15, 0.2) is 0 Å². The highest BCUT2D eigenvalue weighted by molar-refractivity contribution is 6.32. The Morgan fingerprint density at radius 3 is 2.56 bits per heavy atom. The first kappa shape index (κ1) is 19.0. The Bertz CT molecular complexity index is 815. The predicted octanol–water partition coefficient (Wildman–Crippen LogP) is 2.12. The fourth-order valence-corrected chi connectivity index (χ4v) is 2.45. The smallest absolute Gasteiger partial charge is 0.261 e. The fraction of sp³-hybridized carbons (Fsp3) is 0.333. The number of carbonyl (C=O) groups is 1. The summed E-state index contributed by atoms with van der Waals surface area (Å²) in [6.07, 6.45) is -0.912. The van der Waals surface area contributed by atoms with E-state index in [4.69, 9.17) is 16.3 Å². The van der Waals surface area contributed by atoms with Crippen LogP contribution in [-0.2, 0) is 0 Å². The number of benzene rings is 1. The number of carbonyl (C=O) groups excluding carboxylic acids is 1. The minimum atomic E-state index is -0.912. The normalized spacial score (nSPS) is 11.9. The molecular weight excluding hydrogens is 344 g/mol. The highest BCUT2D eigenvalue weighted by atomic mass is 35.5. The van der Waals surface area contributed by atoms with Crippen LogP contribution >= 0.6 is 11.6 Å². The summed E-state index contributed by atoms with van der Waals surface area (Å²) >= 11 is 6.07. The van der Waals surface area contributed by atoms with Crippen LogP contribution < -0.4 is 15.6 Å². The molecule has 2 rings (SSSR count). The van der Waals surface area contributed by atoms with E-state index in [0.717, 1.165) is 5.56 Å². The fourth-order valence-electron chi connectivity index (χ4n) is 2.31. The van der Waals surface area contributed by atoms with Gasteiger partial charge in [-0.05, 0) is 38.5 Å². The van der Waals surface area contributed by atoms with Crippen LogP contribution in [0.1, 0.15) is 27.2 Å². The average Bonchev–Trinajstić information content (AvgIpc) is 2.57. The first-order chi connectivity index (χ1) is 11.8. The molecule has 1 aromatic heterocycles. The van der Waals surface area contributed by atoms with Gasteiger partial charge in [-0.3, -0.25) is 9.59 Å². The van der Waals surface area contributed by atoms with Gasteiger partial charge in [-0.25, -0.2) is 0 Å². The summed E-state index contributed by atoms with van der Waals surface area (Å²) < 4.78 is 5.45. The molecule has 0 saturated carbocycles. The van der Waals surface area contributed by atoms with Gasteiger partial charge >= 0.3 is 0 Å². The summed E-state index contributed by atoms with van der Waals surface area (Å²) in [4.78, 5) is 26.7. The minimum Gasteiger partial charge on any atom is -0.491 e. The van der Waals surface area contributed by atoms with Crippen molar-refractivity contribution in [1.82, 2.24) is 10.3 Å². The Morgan fingerprint density at radius 1 is 1.28 bits per heavy atom. The van der Waals surface area contributed by atoms with E-state index in [1.54, 1.807) is 26.0 Å². The van der Waals surface area contributed by atoms with Gasteiger partial charge in [0.05, 0.1) is 5.02 Å². The van der Waals surface area contributed by atoms with E-state index in [2.05, 4.69) is 10.3 Å². The summed E-state index contributed by atoms with van der Waals surface area (Å²) in [5.74, 6) is 0.0450. The quantitative estimate of drug-likeness (QED) is 0.732. The summed E-state index contributed by atoms with van der Waals surface area (Å²) in [5.41, 5.74) is 1.46. The number of aromatic nitrogens is 1. The Morgan fingerprint density at radius 2 is 1.92 bits per heavy atom. The van der Waals surface area contributed by atoms with Crippen LogP contribution in [0.3, 0.4) is 0 Å². The number of aryl methyl sites for hydroxylation is 2. The standard InChI is InChI=1S/C18H21ClN2O4/c1-10-4-6-14(7-5-10)25-9-13(22)8-20-17(23)15-11(2)16(19)12(3)21-18(15)24/h4-7,13,22H,8-9H2,1-3H3,(H,20,23)(H,21,24)/t13-/m1/s1. The van der Waals surface area contributed by atoms with Crippen LogP contribution in [0, 0.1) is 20.8 Å². The summed E-state index contributed by atoms with van der Waals surface area (Å²) in [5, 5.41) is 12.8. The number of aromatic amines is 1. The lowest BCUT2D eigenvalue weighted by Crippen LogP contribution is -2.38. The van der Waals surface area contributed by atoms with Crippen LogP contribution in [0.25, 0.3) is 0 Å². The van der Waals surface area contributed by atoms with Crippen LogP contribution in [0.15, 0.2) is 29.1 Å². The molecule has 25 heavy (non-hydrogen) atoms. The molecule has 0 fully saturated rings. The van der Waals surface area contributed by atoms with Crippen molar-refractivity contribution in [2.45, 2.75) is 26.9 Å². The van der Waals surface area contributed by atoms with E-state index in [-0.39, 0.29) is 18.7 Å². The molecule has 0 saturated heterocycles. The van der Waals surface area contributed by atoms with Crippen molar-refractivity contribution >= 4 is 17.5 Å². The van der Waals surface area contributed by atoms with Crippen molar-refractivity contribution in [1.29, 1.82) is 0 Å². The molecule has 0 unspecified atom stereocenters. The molecule has 7 heteroatoms. The average molecular weight is 365 g/mol. The maximum Gasteiger partial charge on any atom is 0.261 e. The number of amides is 1. The summed E-state index contributed by atoms with van der Waals surface area (Å²) in [6, 6.07) is 7.41. The number of aliphatic hydroxyl groups excluding tert-OH is 1. The third kappa shape index (κ3) is 4.84. The van der Waals surface area contributed by atoms with E-state index in [1.165, 1.54) is 0 Å². The van der Waals surface area contributed by atoms with Crippen molar-refractivity contribution in [3.63, 3.8) is 0 Å². The van der Waals surface area contributed by atoms with Gasteiger partial charge in [0.1, 0.15) is 24.0 Å². The van der Waals surface area contributed by atoms with Gasteiger partial charge < -0.3 is 20.1 Å². The number of ether oxygens (including phenoxy) is 1. The van der Waals surface area contributed by atoms with E-state index >= 15 is 0 Å². The molecule has 1 heterocycles. The van der Waals surface area contributed by atoms with Crippen LogP contribution in [0.2, 0.25) is 5.02 Å². The molecule has 0 radical (unpaired) electrons. The van der Waals surface area contributed by atoms with Gasteiger partial charge in [0.2, 0.25) is 0 Å². The Hall–Kier alpha value is -2.31. The molecule has 0 spiro atoms. The molecule has 0 aliphatic carbocycles. The summed E-state index contributed by atoms with van der Waals surface area (Å²) in [6.45, 7) is 5.21. The maximum atomic E-state index is 12.2. The first-order valence-corrected chi connectivity index (χ1v) is 8.22. The number of nitrogens with one attached hydrogen (secondary N) is 2. The molecule has 3 N–H and O–H groups in total. The molecular formula is C18H21ClN2O4. The van der Waals surface area contributed by atoms with Crippen molar-refractivity contribution in [3.05, 3.63) is 62.0 Å². The Kier molecular flexibility index (Phi) is 6.22. The molecule has 134 valence electrons. The number of H-pyrrole nitrogens is 1. The van der Waals surface area contributed by atoms with Crippen molar-refractivity contribution in [2.75, 3.05) is 13.2 Å². The monoisotopic (exact) mass is 364 g/mol. The van der Waals surface area contributed by atoms with Crippen LogP contribution in [0.4, 0.5) is 0 Å². The second kappa shape index (κ2) is 8.18. The third-order valence-electron chi connectivity index (χ3n) is 3.75. The molecule has 1 aromatic carbocycles. The number of hydrogen-bond donors (Lipinski definition) is 3. The van der Waals surface area contributed by atoms with Crippen LogP contribution in [0.5, 0.6) is 5.75 Å². The highest BCUT2D eigenvalue weighted by Crippen LogP contribution is 2.18. The Labute approximate surface area is 150 Å². The first-order valence-electron chi connectivity index (χ1n) is 7.84. The Balaban J connectivity index is 1.92. The molecule has 0 aliphatic rings. The molecule has 1 atom stereocenters. The number of aliphatic hydroxyl groups is 1. The third-order valence-corrected chi connectivity index (χ3v) is 4.32.